The first-order chi connectivity index (χ1) is 10.3. The van der Waals surface area contributed by atoms with Gasteiger partial charge in [-0.05, 0) is 37.9 Å². The third-order valence-corrected chi connectivity index (χ3v) is 3.83. The summed E-state index contributed by atoms with van der Waals surface area (Å²) in [6.07, 6.45) is 8.03. The molecule has 0 aliphatic heterocycles. The quantitative estimate of drug-likeness (QED) is 0.516. The van der Waals surface area contributed by atoms with Crippen molar-refractivity contribution < 1.29 is 0 Å². The van der Waals surface area contributed by atoms with Crippen molar-refractivity contribution in [1.82, 2.24) is 10.3 Å². The second-order valence-electron chi connectivity index (χ2n) is 5.47. The van der Waals surface area contributed by atoms with Crippen molar-refractivity contribution in [3.8, 4) is 0 Å². The molecule has 21 heavy (non-hydrogen) atoms. The molecule has 1 unspecified atom stereocenters. The lowest BCUT2D eigenvalue weighted by Gasteiger charge is -2.18. The second-order valence-corrected chi connectivity index (χ2v) is 5.47. The first-order valence-corrected chi connectivity index (χ1v) is 8.05. The molecule has 1 atom stereocenters. The zero-order valence-corrected chi connectivity index (χ0v) is 13.0. The molecule has 0 aliphatic rings. The lowest BCUT2D eigenvalue weighted by molar-refractivity contribution is 0.475. The second kappa shape index (κ2) is 8.58. The Labute approximate surface area is 128 Å². The van der Waals surface area contributed by atoms with Crippen LogP contribution in [0.3, 0.4) is 0 Å². The molecule has 1 heterocycles. The highest BCUT2D eigenvalue weighted by molar-refractivity contribution is 5.78. The van der Waals surface area contributed by atoms with Crippen molar-refractivity contribution in [1.29, 1.82) is 0 Å². The number of unbranched alkanes of at least 4 members (excludes halogenated alkanes) is 3. The lowest BCUT2D eigenvalue weighted by Crippen LogP contribution is -2.21. The molecule has 1 aromatic carbocycles. The van der Waals surface area contributed by atoms with Crippen LogP contribution in [0.2, 0.25) is 0 Å². The Morgan fingerprint density at radius 3 is 2.81 bits per heavy atom. The topological polar surface area (TPSA) is 24.9 Å². The van der Waals surface area contributed by atoms with Gasteiger partial charge in [0, 0.05) is 11.4 Å². The Morgan fingerprint density at radius 2 is 2.00 bits per heavy atom. The molecule has 0 radical (unpaired) electrons. The number of fused-ring (bicyclic) bond motifs is 1. The minimum atomic E-state index is 0.364. The van der Waals surface area contributed by atoms with Crippen molar-refractivity contribution in [2.45, 2.75) is 45.1 Å². The third kappa shape index (κ3) is 4.68. The molecular formula is C19H26N2. The number of hydrogen-bond acceptors (Lipinski definition) is 2. The van der Waals surface area contributed by atoms with Crippen LogP contribution in [0.4, 0.5) is 0 Å². The smallest absolute Gasteiger partial charge is 0.0706 e. The molecule has 1 aromatic heterocycles. The fraction of sp³-hybridized carbons (Fsp3) is 0.421. The summed E-state index contributed by atoms with van der Waals surface area (Å²) in [5.41, 5.74) is 2.25. The van der Waals surface area contributed by atoms with Crippen molar-refractivity contribution in [2.75, 3.05) is 6.54 Å². The summed E-state index contributed by atoms with van der Waals surface area (Å²) in [5.74, 6) is 0. The van der Waals surface area contributed by atoms with E-state index in [9.17, 15) is 0 Å². The fourth-order valence-corrected chi connectivity index (χ4v) is 2.69. The van der Waals surface area contributed by atoms with Crippen LogP contribution >= 0.6 is 0 Å². The van der Waals surface area contributed by atoms with Gasteiger partial charge in [0.15, 0.2) is 0 Å². The number of pyridine rings is 1. The van der Waals surface area contributed by atoms with E-state index >= 15 is 0 Å². The van der Waals surface area contributed by atoms with E-state index in [-0.39, 0.29) is 0 Å². The van der Waals surface area contributed by atoms with E-state index in [1.165, 1.54) is 30.3 Å². The molecule has 0 fully saturated rings. The lowest BCUT2D eigenvalue weighted by atomic mass is 10.0. The van der Waals surface area contributed by atoms with E-state index in [1.807, 2.05) is 6.08 Å². The van der Waals surface area contributed by atoms with Gasteiger partial charge in [-0.3, -0.25) is 4.98 Å². The third-order valence-electron chi connectivity index (χ3n) is 3.83. The Morgan fingerprint density at radius 1 is 1.14 bits per heavy atom. The SMILES string of the molecule is C=CCCCCCC(NCC)c1ccc2ccccc2n1. The number of hydrogen-bond donors (Lipinski definition) is 1. The highest BCUT2D eigenvalue weighted by atomic mass is 14.9. The van der Waals surface area contributed by atoms with E-state index < -0.39 is 0 Å². The maximum atomic E-state index is 4.83. The number of rotatable bonds is 9. The summed E-state index contributed by atoms with van der Waals surface area (Å²) in [6, 6.07) is 13.0. The van der Waals surface area contributed by atoms with E-state index in [1.54, 1.807) is 0 Å². The van der Waals surface area contributed by atoms with Crippen LogP contribution in [0, 0.1) is 0 Å². The van der Waals surface area contributed by atoms with Gasteiger partial charge in [-0.25, -0.2) is 0 Å². The predicted octanol–water partition coefficient (Wildman–Crippen LogP) is 5.02. The molecule has 0 saturated carbocycles. The highest BCUT2D eigenvalue weighted by Gasteiger charge is 2.11. The molecule has 2 rings (SSSR count). The Balaban J connectivity index is 2.02. The number of allylic oxidation sites excluding steroid dienone is 1. The van der Waals surface area contributed by atoms with Gasteiger partial charge in [-0.1, -0.05) is 50.1 Å². The van der Waals surface area contributed by atoms with Crippen LogP contribution in [0.25, 0.3) is 10.9 Å². The van der Waals surface area contributed by atoms with Gasteiger partial charge in [0.1, 0.15) is 0 Å². The Hall–Kier alpha value is -1.67. The van der Waals surface area contributed by atoms with E-state index in [0.717, 1.165) is 24.9 Å². The maximum Gasteiger partial charge on any atom is 0.0706 e. The number of para-hydroxylation sites is 1. The summed E-state index contributed by atoms with van der Waals surface area (Å²) in [4.78, 5) is 4.83. The fourth-order valence-electron chi connectivity index (χ4n) is 2.69. The zero-order chi connectivity index (χ0) is 14.9. The minimum Gasteiger partial charge on any atom is -0.309 e. The van der Waals surface area contributed by atoms with Gasteiger partial charge >= 0.3 is 0 Å². The van der Waals surface area contributed by atoms with E-state index in [0.29, 0.717) is 6.04 Å². The Kier molecular flexibility index (Phi) is 6.42. The zero-order valence-electron chi connectivity index (χ0n) is 13.0. The molecule has 2 aromatic rings. The molecule has 0 aliphatic carbocycles. The van der Waals surface area contributed by atoms with Gasteiger partial charge in [0.25, 0.3) is 0 Å². The van der Waals surface area contributed by atoms with Crippen LogP contribution < -0.4 is 5.32 Å². The summed E-state index contributed by atoms with van der Waals surface area (Å²) in [7, 11) is 0. The molecule has 0 bridgehead atoms. The summed E-state index contributed by atoms with van der Waals surface area (Å²) >= 11 is 0. The summed E-state index contributed by atoms with van der Waals surface area (Å²) < 4.78 is 0. The van der Waals surface area contributed by atoms with Crippen molar-refractivity contribution in [3.63, 3.8) is 0 Å². The normalized spacial score (nSPS) is 12.4. The van der Waals surface area contributed by atoms with E-state index in [2.05, 4.69) is 55.2 Å². The molecule has 0 spiro atoms. The number of nitrogens with one attached hydrogen (secondary N) is 1. The van der Waals surface area contributed by atoms with Crippen molar-refractivity contribution >= 4 is 10.9 Å². The van der Waals surface area contributed by atoms with Crippen LogP contribution in [-0.4, -0.2) is 11.5 Å². The molecule has 112 valence electrons. The first kappa shape index (κ1) is 15.7. The van der Waals surface area contributed by atoms with Crippen LogP contribution in [-0.2, 0) is 0 Å². The van der Waals surface area contributed by atoms with Crippen molar-refractivity contribution in [3.05, 3.63) is 54.7 Å². The van der Waals surface area contributed by atoms with Crippen LogP contribution in [0.1, 0.15) is 50.8 Å². The van der Waals surface area contributed by atoms with Crippen LogP contribution in [0.15, 0.2) is 49.1 Å². The highest BCUT2D eigenvalue weighted by Crippen LogP contribution is 2.21. The van der Waals surface area contributed by atoms with Gasteiger partial charge in [-0.2, -0.15) is 0 Å². The summed E-state index contributed by atoms with van der Waals surface area (Å²) in [5, 5.41) is 4.78. The molecular weight excluding hydrogens is 256 g/mol. The van der Waals surface area contributed by atoms with Crippen molar-refractivity contribution in [2.24, 2.45) is 0 Å². The van der Waals surface area contributed by atoms with Gasteiger partial charge < -0.3 is 5.32 Å². The number of nitrogens with zero attached hydrogens (tertiary/aromatic N) is 1. The summed E-state index contributed by atoms with van der Waals surface area (Å²) in [6.45, 7) is 6.91. The van der Waals surface area contributed by atoms with Crippen LogP contribution in [0.5, 0.6) is 0 Å². The van der Waals surface area contributed by atoms with Gasteiger partial charge in [0.05, 0.1) is 11.2 Å². The number of aromatic nitrogens is 1. The Bertz CT molecular complexity index is 562. The average Bonchev–Trinajstić information content (AvgIpc) is 2.53. The standard InChI is InChI=1S/C19H26N2/c1-3-5-6-7-8-13-18(20-4-2)19-15-14-16-11-9-10-12-17(16)21-19/h3,9-12,14-15,18,20H,1,4-8,13H2,2H3. The number of benzene rings is 1. The molecule has 1 N–H and O–H groups in total. The van der Waals surface area contributed by atoms with Gasteiger partial charge in [-0.15, -0.1) is 6.58 Å². The molecule has 2 nitrogen and oxygen atoms in total. The maximum absolute atomic E-state index is 4.83. The monoisotopic (exact) mass is 282 g/mol. The first-order valence-electron chi connectivity index (χ1n) is 8.05. The molecule has 2 heteroatoms. The molecule has 0 saturated heterocycles. The minimum absolute atomic E-state index is 0.364. The molecule has 0 amide bonds. The average molecular weight is 282 g/mol. The largest absolute Gasteiger partial charge is 0.309 e. The van der Waals surface area contributed by atoms with E-state index in [4.69, 9.17) is 4.98 Å². The van der Waals surface area contributed by atoms with Gasteiger partial charge in [0.2, 0.25) is 0 Å². The predicted molar refractivity (Wildman–Crippen MR) is 91.4 cm³/mol.